The van der Waals surface area contributed by atoms with Gasteiger partial charge in [-0.1, -0.05) is 11.6 Å². The Bertz CT molecular complexity index is 671. The molecule has 1 atom stereocenters. The molecule has 116 valence electrons. The fourth-order valence-corrected chi connectivity index (χ4v) is 3.18. The maximum Gasteiger partial charge on any atom is 0.255 e. The van der Waals surface area contributed by atoms with E-state index in [1.807, 2.05) is 6.92 Å². The number of ether oxygens (including phenoxy) is 1. The maximum atomic E-state index is 12.3. The molecule has 1 amide bonds. The Morgan fingerprint density at radius 3 is 2.57 bits per heavy atom. The van der Waals surface area contributed by atoms with Gasteiger partial charge in [-0.3, -0.25) is 4.79 Å². The van der Waals surface area contributed by atoms with Crippen LogP contribution in [0.25, 0.3) is 0 Å². The fraction of sp³-hybridized carbons (Fsp3) is 0.462. The van der Waals surface area contributed by atoms with Crippen LogP contribution in [0.4, 0.5) is 0 Å². The lowest BCUT2D eigenvalue weighted by molar-refractivity contribution is 0.0932. The third kappa shape index (κ3) is 3.66. The number of carbonyl (C=O) groups is 1. The molecule has 0 bridgehead atoms. The number of halogens is 1. The zero-order chi connectivity index (χ0) is 15.8. The second-order valence-electron chi connectivity index (χ2n) is 5.13. The van der Waals surface area contributed by atoms with Gasteiger partial charge in [0.2, 0.25) is 10.0 Å². The molecule has 1 aliphatic carbocycles. The standard InChI is InChI=1S/C13H17ClN2O4S/c1-7(8-3-4-8)16-13(17)10-5-9(14)6-11(12(10)20-2)21(15,18)19/h5-8H,3-4H2,1-2H3,(H,16,17)(H2,15,18,19). The third-order valence-corrected chi connectivity index (χ3v) is 4.60. The second kappa shape index (κ2) is 5.82. The average Bonchev–Trinajstić information content (AvgIpc) is 3.20. The monoisotopic (exact) mass is 332 g/mol. The molecule has 0 heterocycles. The van der Waals surface area contributed by atoms with Crippen LogP contribution < -0.4 is 15.2 Å². The van der Waals surface area contributed by atoms with Crippen LogP contribution in [0.1, 0.15) is 30.1 Å². The van der Waals surface area contributed by atoms with E-state index in [9.17, 15) is 13.2 Å². The first-order chi connectivity index (χ1) is 9.74. The van der Waals surface area contributed by atoms with Crippen molar-refractivity contribution < 1.29 is 17.9 Å². The smallest absolute Gasteiger partial charge is 0.255 e. The van der Waals surface area contributed by atoms with Gasteiger partial charge in [-0.2, -0.15) is 0 Å². The van der Waals surface area contributed by atoms with Crippen LogP contribution in [-0.2, 0) is 10.0 Å². The molecule has 1 saturated carbocycles. The van der Waals surface area contributed by atoms with Crippen molar-refractivity contribution in [1.82, 2.24) is 5.32 Å². The Morgan fingerprint density at radius 2 is 2.10 bits per heavy atom. The van der Waals surface area contributed by atoms with E-state index in [4.69, 9.17) is 21.5 Å². The quantitative estimate of drug-likeness (QED) is 0.854. The minimum atomic E-state index is -4.05. The molecule has 1 aliphatic rings. The van der Waals surface area contributed by atoms with Gasteiger partial charge < -0.3 is 10.1 Å². The first-order valence-electron chi connectivity index (χ1n) is 6.45. The molecule has 0 spiro atoms. The molecular weight excluding hydrogens is 316 g/mol. The topological polar surface area (TPSA) is 98.5 Å². The Hall–Kier alpha value is -1.31. The normalized spacial score (nSPS) is 16.4. The number of amides is 1. The minimum absolute atomic E-state index is 0.0131. The summed E-state index contributed by atoms with van der Waals surface area (Å²) in [7, 11) is -2.77. The molecule has 8 heteroatoms. The van der Waals surface area contributed by atoms with Gasteiger partial charge in [0.25, 0.3) is 5.91 Å². The summed E-state index contributed by atoms with van der Waals surface area (Å²) in [6.07, 6.45) is 2.16. The van der Waals surface area contributed by atoms with Crippen molar-refractivity contribution in [2.24, 2.45) is 11.1 Å². The summed E-state index contributed by atoms with van der Waals surface area (Å²) in [4.78, 5) is 12.0. The van der Waals surface area contributed by atoms with Crippen LogP contribution in [-0.4, -0.2) is 27.5 Å². The van der Waals surface area contributed by atoms with E-state index < -0.39 is 15.9 Å². The van der Waals surface area contributed by atoms with Crippen molar-refractivity contribution in [3.63, 3.8) is 0 Å². The number of rotatable bonds is 5. The molecule has 0 radical (unpaired) electrons. The molecule has 1 fully saturated rings. The molecule has 1 unspecified atom stereocenters. The van der Waals surface area contributed by atoms with E-state index in [1.54, 1.807) is 0 Å². The molecule has 0 aromatic heterocycles. The predicted octanol–water partition coefficient (Wildman–Crippen LogP) is 1.52. The average molecular weight is 333 g/mol. The lowest BCUT2D eigenvalue weighted by Gasteiger charge is -2.16. The lowest BCUT2D eigenvalue weighted by Crippen LogP contribution is -2.34. The molecule has 21 heavy (non-hydrogen) atoms. The number of hydrogen-bond donors (Lipinski definition) is 2. The van der Waals surface area contributed by atoms with Crippen molar-refractivity contribution in [3.8, 4) is 5.75 Å². The van der Waals surface area contributed by atoms with Crippen LogP contribution in [0, 0.1) is 5.92 Å². The lowest BCUT2D eigenvalue weighted by atomic mass is 10.1. The number of hydrogen-bond acceptors (Lipinski definition) is 4. The first-order valence-corrected chi connectivity index (χ1v) is 8.37. The largest absolute Gasteiger partial charge is 0.494 e. The van der Waals surface area contributed by atoms with Crippen LogP contribution in [0.2, 0.25) is 5.02 Å². The van der Waals surface area contributed by atoms with Crippen LogP contribution in [0.15, 0.2) is 17.0 Å². The summed E-state index contributed by atoms with van der Waals surface area (Å²) in [6, 6.07) is 2.54. The summed E-state index contributed by atoms with van der Waals surface area (Å²) in [5, 5.41) is 8.06. The first kappa shape index (κ1) is 16.1. The van der Waals surface area contributed by atoms with Crippen molar-refractivity contribution in [2.75, 3.05) is 7.11 Å². The highest BCUT2D eigenvalue weighted by Crippen LogP contribution is 2.34. The number of benzene rings is 1. The summed E-state index contributed by atoms with van der Waals surface area (Å²) < 4.78 is 28.2. The number of methoxy groups -OCH3 is 1. The molecule has 0 saturated heterocycles. The molecule has 6 nitrogen and oxygen atoms in total. The zero-order valence-electron chi connectivity index (χ0n) is 11.7. The SMILES string of the molecule is COc1c(C(=O)NC(C)C2CC2)cc(Cl)cc1S(N)(=O)=O. The highest BCUT2D eigenvalue weighted by Gasteiger charge is 2.30. The van der Waals surface area contributed by atoms with Crippen LogP contribution >= 0.6 is 11.6 Å². The van der Waals surface area contributed by atoms with Gasteiger partial charge >= 0.3 is 0 Å². The van der Waals surface area contributed by atoms with Gasteiger partial charge in [0.05, 0.1) is 12.7 Å². The van der Waals surface area contributed by atoms with E-state index in [-0.39, 0.29) is 27.3 Å². The van der Waals surface area contributed by atoms with E-state index in [0.29, 0.717) is 5.92 Å². The van der Waals surface area contributed by atoms with E-state index >= 15 is 0 Å². The number of sulfonamides is 1. The summed E-state index contributed by atoms with van der Waals surface area (Å²) in [6.45, 7) is 1.91. The molecule has 0 aliphatic heterocycles. The van der Waals surface area contributed by atoms with Crippen molar-refractivity contribution >= 4 is 27.5 Å². The van der Waals surface area contributed by atoms with E-state index in [2.05, 4.69) is 5.32 Å². The summed E-state index contributed by atoms with van der Waals surface area (Å²) >= 11 is 5.88. The number of nitrogens with one attached hydrogen (secondary N) is 1. The number of nitrogens with two attached hydrogens (primary N) is 1. The van der Waals surface area contributed by atoms with Gasteiger partial charge in [0, 0.05) is 11.1 Å². The molecule has 3 N–H and O–H groups in total. The maximum absolute atomic E-state index is 12.3. The number of primary sulfonamides is 1. The second-order valence-corrected chi connectivity index (χ2v) is 7.10. The molecule has 1 aromatic rings. The predicted molar refractivity (Wildman–Crippen MR) is 79.0 cm³/mol. The summed E-state index contributed by atoms with van der Waals surface area (Å²) in [5.41, 5.74) is 0.0570. The van der Waals surface area contributed by atoms with Gasteiger partial charge in [-0.05, 0) is 37.8 Å². The van der Waals surface area contributed by atoms with Crippen molar-refractivity contribution in [1.29, 1.82) is 0 Å². The van der Waals surface area contributed by atoms with Gasteiger partial charge in [0.1, 0.15) is 4.90 Å². The Balaban J connectivity index is 2.42. The van der Waals surface area contributed by atoms with Crippen molar-refractivity contribution in [2.45, 2.75) is 30.7 Å². The van der Waals surface area contributed by atoms with Gasteiger partial charge in [0.15, 0.2) is 5.75 Å². The zero-order valence-corrected chi connectivity index (χ0v) is 13.3. The van der Waals surface area contributed by atoms with Gasteiger partial charge in [-0.25, -0.2) is 13.6 Å². The van der Waals surface area contributed by atoms with Crippen molar-refractivity contribution in [3.05, 3.63) is 22.7 Å². The molecule has 1 aromatic carbocycles. The number of carbonyl (C=O) groups excluding carboxylic acids is 1. The third-order valence-electron chi connectivity index (χ3n) is 3.46. The van der Waals surface area contributed by atoms with Crippen LogP contribution in [0.5, 0.6) is 5.75 Å². The summed E-state index contributed by atoms with van der Waals surface area (Å²) in [5.74, 6) is -0.0575. The van der Waals surface area contributed by atoms with E-state index in [1.165, 1.54) is 13.2 Å². The highest BCUT2D eigenvalue weighted by atomic mass is 35.5. The van der Waals surface area contributed by atoms with E-state index in [0.717, 1.165) is 18.9 Å². The Labute approximate surface area is 128 Å². The van der Waals surface area contributed by atoms with Crippen LogP contribution in [0.3, 0.4) is 0 Å². The Morgan fingerprint density at radius 1 is 1.48 bits per heavy atom. The fourth-order valence-electron chi connectivity index (χ4n) is 2.16. The minimum Gasteiger partial charge on any atom is -0.494 e. The highest BCUT2D eigenvalue weighted by molar-refractivity contribution is 7.89. The Kier molecular flexibility index (Phi) is 4.46. The molecular formula is C13H17ClN2O4S. The van der Waals surface area contributed by atoms with Gasteiger partial charge in [-0.15, -0.1) is 0 Å². The molecule has 2 rings (SSSR count).